The lowest BCUT2D eigenvalue weighted by molar-refractivity contribution is -0.385. The number of hydrogen-bond acceptors (Lipinski definition) is 4. The fourth-order valence-electron chi connectivity index (χ4n) is 1.57. The quantitative estimate of drug-likeness (QED) is 0.615. The number of hydrogen-bond donors (Lipinski definition) is 0. The van der Waals surface area contributed by atoms with Crippen molar-refractivity contribution in [1.29, 1.82) is 0 Å². The van der Waals surface area contributed by atoms with E-state index < -0.39 is 4.92 Å². The second-order valence-electron chi connectivity index (χ2n) is 3.94. The molecule has 0 atom stereocenters. The van der Waals surface area contributed by atoms with Gasteiger partial charge in [-0.05, 0) is 12.1 Å². The third kappa shape index (κ3) is 2.95. The number of rotatable bonds is 4. The van der Waals surface area contributed by atoms with Crippen LogP contribution in [-0.2, 0) is 11.3 Å². The van der Waals surface area contributed by atoms with Gasteiger partial charge < -0.3 is 4.90 Å². The number of benzene rings is 1. The molecule has 0 aliphatic heterocycles. The summed E-state index contributed by atoms with van der Waals surface area (Å²) in [5, 5.41) is 14.3. The Morgan fingerprint density at radius 2 is 2.11 bits per heavy atom. The highest BCUT2D eigenvalue weighted by Gasteiger charge is 2.14. The van der Waals surface area contributed by atoms with Crippen molar-refractivity contribution in [2.24, 2.45) is 0 Å². The van der Waals surface area contributed by atoms with Crippen LogP contribution in [0.1, 0.15) is 0 Å². The van der Waals surface area contributed by atoms with Gasteiger partial charge in [0.15, 0.2) is 0 Å². The zero-order valence-electron chi connectivity index (χ0n) is 10.3. The van der Waals surface area contributed by atoms with Crippen LogP contribution in [-0.4, -0.2) is 27.7 Å². The molecule has 1 heterocycles. The highest BCUT2D eigenvalue weighted by Crippen LogP contribution is 2.12. The van der Waals surface area contributed by atoms with Crippen molar-refractivity contribution in [2.75, 3.05) is 11.9 Å². The molecule has 0 spiro atoms. The van der Waals surface area contributed by atoms with Gasteiger partial charge in [-0.1, -0.05) is 18.2 Å². The molecular weight excluding hydrogens is 248 g/mol. The van der Waals surface area contributed by atoms with Crippen LogP contribution in [0, 0.1) is 10.1 Å². The van der Waals surface area contributed by atoms with E-state index in [1.165, 1.54) is 15.8 Å². The summed E-state index contributed by atoms with van der Waals surface area (Å²) in [4.78, 5) is 23.4. The number of para-hydroxylation sites is 1. The minimum atomic E-state index is -0.547. The van der Waals surface area contributed by atoms with E-state index in [0.717, 1.165) is 11.9 Å². The van der Waals surface area contributed by atoms with Gasteiger partial charge in [0.05, 0.1) is 4.92 Å². The van der Waals surface area contributed by atoms with Crippen LogP contribution in [0.5, 0.6) is 0 Å². The van der Waals surface area contributed by atoms with E-state index >= 15 is 0 Å². The first-order valence-electron chi connectivity index (χ1n) is 5.56. The summed E-state index contributed by atoms with van der Waals surface area (Å²) < 4.78 is 1.25. The van der Waals surface area contributed by atoms with Crippen LogP contribution < -0.4 is 4.90 Å². The highest BCUT2D eigenvalue weighted by atomic mass is 16.6. The van der Waals surface area contributed by atoms with E-state index in [4.69, 9.17) is 0 Å². The van der Waals surface area contributed by atoms with Gasteiger partial charge in [0.1, 0.15) is 18.9 Å². The summed E-state index contributed by atoms with van der Waals surface area (Å²) in [5.41, 5.74) is 0.629. The summed E-state index contributed by atoms with van der Waals surface area (Å²) >= 11 is 0. The first-order valence-corrected chi connectivity index (χ1v) is 5.56. The Kier molecular flexibility index (Phi) is 3.56. The van der Waals surface area contributed by atoms with Crippen LogP contribution >= 0.6 is 0 Å². The third-order valence-corrected chi connectivity index (χ3v) is 2.65. The number of carbonyl (C=O) groups excluding carboxylic acids is 1. The Morgan fingerprint density at radius 3 is 2.68 bits per heavy atom. The van der Waals surface area contributed by atoms with Crippen molar-refractivity contribution in [3.8, 4) is 0 Å². The molecule has 0 N–H and O–H groups in total. The second-order valence-corrected chi connectivity index (χ2v) is 3.94. The molecule has 1 aromatic heterocycles. The van der Waals surface area contributed by atoms with Crippen LogP contribution in [0.4, 0.5) is 11.4 Å². The molecule has 0 aliphatic rings. The maximum atomic E-state index is 12.0. The number of amides is 1. The molecule has 1 aromatic carbocycles. The molecular formula is C12H12N4O3. The maximum absolute atomic E-state index is 12.0. The Morgan fingerprint density at radius 1 is 1.42 bits per heavy atom. The first-order chi connectivity index (χ1) is 9.08. The lowest BCUT2D eigenvalue weighted by Crippen LogP contribution is -2.30. The van der Waals surface area contributed by atoms with Gasteiger partial charge in [-0.25, -0.2) is 0 Å². The van der Waals surface area contributed by atoms with Crippen LogP contribution in [0.15, 0.2) is 42.7 Å². The lowest BCUT2D eigenvalue weighted by atomic mass is 10.3. The van der Waals surface area contributed by atoms with E-state index in [1.807, 2.05) is 30.3 Å². The van der Waals surface area contributed by atoms with Crippen molar-refractivity contribution in [3.05, 3.63) is 52.8 Å². The van der Waals surface area contributed by atoms with Gasteiger partial charge in [-0.3, -0.25) is 19.6 Å². The molecule has 19 heavy (non-hydrogen) atoms. The average Bonchev–Trinajstić information content (AvgIpc) is 2.87. The van der Waals surface area contributed by atoms with Gasteiger partial charge in [0, 0.05) is 12.7 Å². The van der Waals surface area contributed by atoms with E-state index in [-0.39, 0.29) is 18.1 Å². The molecule has 0 bridgehead atoms. The summed E-state index contributed by atoms with van der Waals surface area (Å²) in [6.45, 7) is -0.0424. The summed E-state index contributed by atoms with van der Waals surface area (Å²) in [5.74, 6) is -0.204. The Hall–Kier alpha value is -2.70. The minimum Gasteiger partial charge on any atom is -0.314 e. The number of anilines is 1. The fraction of sp³-hybridized carbons (Fsp3) is 0.167. The van der Waals surface area contributed by atoms with Crippen molar-refractivity contribution in [2.45, 2.75) is 6.54 Å². The molecule has 98 valence electrons. The number of carbonyl (C=O) groups is 1. The second kappa shape index (κ2) is 5.30. The molecule has 0 aliphatic carbocycles. The predicted octanol–water partition coefficient (Wildman–Crippen LogP) is 1.45. The molecule has 0 radical (unpaired) electrons. The maximum Gasteiger partial charge on any atom is 0.307 e. The Bertz CT molecular complexity index is 594. The largest absolute Gasteiger partial charge is 0.314 e. The molecule has 0 saturated carbocycles. The average molecular weight is 260 g/mol. The zero-order valence-corrected chi connectivity index (χ0v) is 10.3. The number of aromatic nitrogens is 2. The van der Waals surface area contributed by atoms with Crippen molar-refractivity contribution >= 4 is 17.3 Å². The molecule has 1 amide bonds. The smallest absolute Gasteiger partial charge is 0.307 e. The molecule has 0 fully saturated rings. The predicted molar refractivity (Wildman–Crippen MR) is 68.7 cm³/mol. The molecule has 7 nitrogen and oxygen atoms in total. The van der Waals surface area contributed by atoms with Crippen LogP contribution in [0.25, 0.3) is 0 Å². The molecule has 0 saturated heterocycles. The van der Waals surface area contributed by atoms with Crippen LogP contribution in [0.3, 0.4) is 0 Å². The molecule has 0 unspecified atom stereocenters. The Labute approximate surface area is 109 Å². The van der Waals surface area contributed by atoms with E-state index in [1.54, 1.807) is 7.05 Å². The van der Waals surface area contributed by atoms with E-state index in [2.05, 4.69) is 5.10 Å². The SMILES string of the molecule is CN(C(=O)Cn1cc([N+](=O)[O-])cn1)c1ccccc1. The fourth-order valence-corrected chi connectivity index (χ4v) is 1.57. The van der Waals surface area contributed by atoms with E-state index in [9.17, 15) is 14.9 Å². The number of nitrogens with zero attached hydrogens (tertiary/aromatic N) is 4. The van der Waals surface area contributed by atoms with Gasteiger partial charge >= 0.3 is 5.69 Å². The molecule has 2 aromatic rings. The lowest BCUT2D eigenvalue weighted by Gasteiger charge is -2.16. The first kappa shape index (κ1) is 12.7. The van der Waals surface area contributed by atoms with Gasteiger partial charge in [0.2, 0.25) is 5.91 Å². The van der Waals surface area contributed by atoms with Crippen molar-refractivity contribution in [3.63, 3.8) is 0 Å². The molecule has 7 heteroatoms. The normalized spacial score (nSPS) is 10.2. The zero-order chi connectivity index (χ0) is 13.8. The standard InChI is InChI=1S/C12H12N4O3/c1-14(10-5-3-2-4-6-10)12(17)9-15-8-11(7-13-15)16(18)19/h2-8H,9H2,1H3. The Balaban J connectivity index is 2.06. The van der Waals surface area contributed by atoms with Crippen LogP contribution in [0.2, 0.25) is 0 Å². The van der Waals surface area contributed by atoms with Crippen molar-refractivity contribution < 1.29 is 9.72 Å². The number of likely N-dealkylation sites (N-methyl/N-ethyl adjacent to an activating group) is 1. The summed E-state index contributed by atoms with van der Waals surface area (Å²) in [7, 11) is 1.65. The topological polar surface area (TPSA) is 81.3 Å². The van der Waals surface area contributed by atoms with Gasteiger partial charge in [-0.2, -0.15) is 5.10 Å². The van der Waals surface area contributed by atoms with E-state index in [0.29, 0.717) is 0 Å². The third-order valence-electron chi connectivity index (χ3n) is 2.65. The van der Waals surface area contributed by atoms with Crippen molar-refractivity contribution in [1.82, 2.24) is 9.78 Å². The number of nitro groups is 1. The molecule has 2 rings (SSSR count). The van der Waals surface area contributed by atoms with Gasteiger partial charge in [-0.15, -0.1) is 0 Å². The summed E-state index contributed by atoms with van der Waals surface area (Å²) in [6, 6.07) is 9.14. The summed E-state index contributed by atoms with van der Waals surface area (Å²) in [6.07, 6.45) is 2.35. The highest BCUT2D eigenvalue weighted by molar-refractivity contribution is 5.92. The van der Waals surface area contributed by atoms with Gasteiger partial charge in [0.25, 0.3) is 0 Å². The minimum absolute atomic E-state index is 0.0424. The monoisotopic (exact) mass is 260 g/mol.